The van der Waals surface area contributed by atoms with Gasteiger partial charge in [-0.2, -0.15) is 0 Å². The molecule has 0 atom stereocenters. The van der Waals surface area contributed by atoms with E-state index in [-0.39, 0.29) is 10.8 Å². The molecule has 0 unspecified atom stereocenters. The highest BCUT2D eigenvalue weighted by molar-refractivity contribution is 7.18. The van der Waals surface area contributed by atoms with Gasteiger partial charge in [-0.05, 0) is 24.3 Å². The van der Waals surface area contributed by atoms with Gasteiger partial charge in [-0.1, -0.05) is 0 Å². The number of aromatic nitrogens is 1. The first-order valence-electron chi connectivity index (χ1n) is 5.75. The molecule has 0 radical (unpaired) electrons. The molecular weight excluding hydrogens is 278 g/mol. The van der Waals surface area contributed by atoms with Gasteiger partial charge in [0.25, 0.3) is 5.91 Å². The highest BCUT2D eigenvalue weighted by Gasteiger charge is 2.11. The van der Waals surface area contributed by atoms with Crippen LogP contribution in [0.15, 0.2) is 30.5 Å². The maximum absolute atomic E-state index is 12.1. The minimum atomic E-state index is -1.01. The quantitative estimate of drug-likeness (QED) is 0.902. The number of nitrogens with zero attached hydrogens (tertiary/aromatic N) is 2. The first-order chi connectivity index (χ1) is 9.47. The average molecular weight is 291 g/mol. The number of rotatable bonds is 4. The lowest BCUT2D eigenvalue weighted by atomic mass is 10.2. The monoisotopic (exact) mass is 291 g/mol. The summed E-state index contributed by atoms with van der Waals surface area (Å²) in [6.07, 6.45) is 1.56. The fraction of sp³-hybridized carbons (Fsp3) is 0.154. The van der Waals surface area contributed by atoms with Crippen LogP contribution in [0.5, 0.6) is 0 Å². The predicted octanol–water partition coefficient (Wildman–Crippen LogP) is 2.16. The predicted molar refractivity (Wildman–Crippen MR) is 77.8 cm³/mol. The number of hydrogen-bond acceptors (Lipinski definition) is 5. The van der Waals surface area contributed by atoms with Gasteiger partial charge in [0.1, 0.15) is 10.7 Å². The maximum atomic E-state index is 12.1. The highest BCUT2D eigenvalue weighted by Crippen LogP contribution is 2.22. The number of hydrogen-bond donors (Lipinski definition) is 2. The van der Waals surface area contributed by atoms with Gasteiger partial charge >= 0.3 is 5.97 Å². The summed E-state index contributed by atoms with van der Waals surface area (Å²) >= 11 is 1.02. The number of anilines is 2. The molecule has 7 heteroatoms. The van der Waals surface area contributed by atoms with E-state index in [0.717, 1.165) is 11.3 Å². The molecule has 0 fully saturated rings. The van der Waals surface area contributed by atoms with Crippen molar-refractivity contribution < 1.29 is 14.7 Å². The second-order valence-electron chi connectivity index (χ2n) is 4.22. The number of carbonyl (C=O) groups is 2. The van der Waals surface area contributed by atoms with E-state index in [2.05, 4.69) is 10.3 Å². The van der Waals surface area contributed by atoms with Crippen molar-refractivity contribution >= 4 is 34.0 Å². The minimum Gasteiger partial charge on any atom is -0.477 e. The Balaban J connectivity index is 2.15. The van der Waals surface area contributed by atoms with Gasteiger partial charge in [0.15, 0.2) is 0 Å². The Morgan fingerprint density at radius 3 is 2.65 bits per heavy atom. The normalized spacial score (nSPS) is 10.1. The van der Waals surface area contributed by atoms with Crippen molar-refractivity contribution in [3.63, 3.8) is 0 Å². The fourth-order valence-electron chi connectivity index (χ4n) is 1.51. The van der Waals surface area contributed by atoms with Gasteiger partial charge in [0.2, 0.25) is 0 Å². The summed E-state index contributed by atoms with van der Waals surface area (Å²) in [7, 11) is 3.67. The molecule has 2 N–H and O–H groups in total. The zero-order chi connectivity index (χ0) is 14.7. The molecule has 0 spiro atoms. The molecule has 0 aliphatic carbocycles. The zero-order valence-electron chi connectivity index (χ0n) is 11.0. The average Bonchev–Trinajstić information content (AvgIpc) is 2.87. The van der Waals surface area contributed by atoms with E-state index in [1.54, 1.807) is 29.3 Å². The molecule has 20 heavy (non-hydrogen) atoms. The molecule has 2 aromatic rings. The second kappa shape index (κ2) is 5.70. The van der Waals surface area contributed by atoms with Gasteiger partial charge in [0, 0.05) is 25.9 Å². The van der Waals surface area contributed by atoms with Crippen LogP contribution in [-0.2, 0) is 0 Å². The first kappa shape index (κ1) is 14.0. The summed E-state index contributed by atoms with van der Waals surface area (Å²) in [6, 6.07) is 6.30. The van der Waals surface area contributed by atoms with Gasteiger partial charge < -0.3 is 15.3 Å². The number of carboxylic acid groups (broad SMARTS) is 1. The number of aromatic carboxylic acids is 1. The lowest BCUT2D eigenvalue weighted by molar-refractivity contribution is 0.0702. The summed E-state index contributed by atoms with van der Waals surface area (Å²) < 4.78 is 0. The van der Waals surface area contributed by atoms with Crippen LogP contribution in [0, 0.1) is 0 Å². The Labute approximate surface area is 119 Å². The zero-order valence-corrected chi connectivity index (χ0v) is 11.8. The largest absolute Gasteiger partial charge is 0.477 e. The van der Waals surface area contributed by atoms with E-state index in [1.165, 1.54) is 6.07 Å². The summed E-state index contributed by atoms with van der Waals surface area (Å²) in [5, 5.41) is 12.0. The Morgan fingerprint density at radius 2 is 2.05 bits per heavy atom. The fourth-order valence-corrected chi connectivity index (χ4v) is 2.25. The molecule has 0 aliphatic heterocycles. The molecule has 2 rings (SSSR count). The molecule has 2 heterocycles. The molecule has 2 aromatic heterocycles. The summed E-state index contributed by atoms with van der Waals surface area (Å²) in [6.45, 7) is 0. The van der Waals surface area contributed by atoms with E-state index < -0.39 is 5.97 Å². The number of amides is 1. The first-order valence-corrected chi connectivity index (χ1v) is 6.57. The summed E-state index contributed by atoms with van der Waals surface area (Å²) in [5.41, 5.74) is 0.467. The van der Waals surface area contributed by atoms with Gasteiger partial charge in [-0.25, -0.2) is 9.78 Å². The molecule has 0 saturated heterocycles. The lowest BCUT2D eigenvalue weighted by Gasteiger charge is -2.11. The topological polar surface area (TPSA) is 82.5 Å². The summed E-state index contributed by atoms with van der Waals surface area (Å²) in [4.78, 5) is 29.0. The number of carbonyl (C=O) groups excluding carboxylic acids is 1. The molecule has 0 saturated carbocycles. The lowest BCUT2D eigenvalue weighted by Crippen LogP contribution is -2.14. The third-order valence-electron chi connectivity index (χ3n) is 2.52. The minimum absolute atomic E-state index is 0.184. The van der Waals surface area contributed by atoms with Crippen molar-refractivity contribution in [3.8, 4) is 0 Å². The molecule has 0 bridgehead atoms. The molecule has 6 nitrogen and oxygen atoms in total. The number of carboxylic acids is 1. The Morgan fingerprint density at radius 1 is 1.30 bits per heavy atom. The van der Waals surface area contributed by atoms with Gasteiger partial charge in [-0.15, -0.1) is 11.3 Å². The van der Waals surface area contributed by atoms with Crippen LogP contribution in [0.2, 0.25) is 0 Å². The molecule has 0 aliphatic rings. The van der Waals surface area contributed by atoms with Crippen LogP contribution in [0.3, 0.4) is 0 Å². The molecule has 0 aromatic carbocycles. The van der Waals surface area contributed by atoms with Crippen molar-refractivity contribution in [3.05, 3.63) is 40.9 Å². The van der Waals surface area contributed by atoms with Crippen molar-refractivity contribution in [2.75, 3.05) is 24.3 Å². The smallest absolute Gasteiger partial charge is 0.345 e. The van der Waals surface area contributed by atoms with Crippen molar-refractivity contribution in [1.82, 2.24) is 4.98 Å². The molecular formula is C13H13N3O3S. The van der Waals surface area contributed by atoms with E-state index in [0.29, 0.717) is 16.4 Å². The van der Waals surface area contributed by atoms with Crippen LogP contribution in [0.1, 0.15) is 20.0 Å². The third-order valence-corrected chi connectivity index (χ3v) is 3.51. The van der Waals surface area contributed by atoms with Gasteiger partial charge in [-0.3, -0.25) is 4.79 Å². The van der Waals surface area contributed by atoms with E-state index in [9.17, 15) is 9.59 Å². The Kier molecular flexibility index (Phi) is 3.99. The standard InChI is InChI=1S/C13H13N3O3S/c1-16(2)10-7-8(5-6-14-10)12(17)15-11-4-3-9(20-11)13(18)19/h3-7H,1-2H3,(H,15,17)(H,18,19). The Bertz CT molecular complexity index is 652. The third kappa shape index (κ3) is 3.12. The number of thiophene rings is 1. The second-order valence-corrected chi connectivity index (χ2v) is 5.30. The molecule has 104 valence electrons. The molecule has 1 amide bonds. The maximum Gasteiger partial charge on any atom is 0.345 e. The highest BCUT2D eigenvalue weighted by atomic mass is 32.1. The van der Waals surface area contributed by atoms with Crippen LogP contribution in [-0.4, -0.2) is 36.1 Å². The van der Waals surface area contributed by atoms with Crippen molar-refractivity contribution in [1.29, 1.82) is 0 Å². The van der Waals surface area contributed by atoms with Crippen LogP contribution < -0.4 is 10.2 Å². The number of pyridine rings is 1. The van der Waals surface area contributed by atoms with Crippen molar-refractivity contribution in [2.24, 2.45) is 0 Å². The Hall–Kier alpha value is -2.41. The SMILES string of the molecule is CN(C)c1cc(C(=O)Nc2ccc(C(=O)O)s2)ccn1. The van der Waals surface area contributed by atoms with Gasteiger partial charge in [0.05, 0.1) is 5.00 Å². The number of nitrogens with one attached hydrogen (secondary N) is 1. The summed E-state index contributed by atoms with van der Waals surface area (Å²) in [5.74, 6) is -0.626. The van der Waals surface area contributed by atoms with E-state index in [1.807, 2.05) is 14.1 Å². The van der Waals surface area contributed by atoms with Crippen LogP contribution in [0.4, 0.5) is 10.8 Å². The van der Waals surface area contributed by atoms with E-state index >= 15 is 0 Å². The van der Waals surface area contributed by atoms with E-state index in [4.69, 9.17) is 5.11 Å². The van der Waals surface area contributed by atoms with Crippen LogP contribution >= 0.6 is 11.3 Å². The van der Waals surface area contributed by atoms with Crippen molar-refractivity contribution in [2.45, 2.75) is 0 Å². The van der Waals surface area contributed by atoms with Crippen LogP contribution in [0.25, 0.3) is 0 Å².